The minimum atomic E-state index is -0.352. The van der Waals surface area contributed by atoms with E-state index in [2.05, 4.69) is 0 Å². The van der Waals surface area contributed by atoms with Crippen LogP contribution in [0.15, 0.2) is 40.8 Å². The van der Waals surface area contributed by atoms with Crippen LogP contribution >= 0.6 is 0 Å². The van der Waals surface area contributed by atoms with Gasteiger partial charge in [0.15, 0.2) is 0 Å². The monoisotopic (exact) mass is 232 g/mol. The van der Waals surface area contributed by atoms with Crippen LogP contribution in [0.4, 0.5) is 4.39 Å². The summed E-state index contributed by atoms with van der Waals surface area (Å²) < 4.78 is 24.4. The van der Waals surface area contributed by atoms with Crippen molar-refractivity contribution in [3.8, 4) is 0 Å². The van der Waals surface area contributed by atoms with Gasteiger partial charge in [-0.1, -0.05) is 6.07 Å². The van der Waals surface area contributed by atoms with Gasteiger partial charge in [-0.05, 0) is 42.7 Å². The first-order valence-electron chi connectivity index (χ1n) is 5.79. The predicted octanol–water partition coefficient (Wildman–Crippen LogP) is 3.92. The molecule has 1 saturated heterocycles. The minimum absolute atomic E-state index is 0.189. The van der Waals surface area contributed by atoms with E-state index in [0.29, 0.717) is 6.61 Å². The lowest BCUT2D eigenvalue weighted by Crippen LogP contribution is -2.04. The predicted molar refractivity (Wildman–Crippen MR) is 64.3 cm³/mol. The number of rotatable bonds is 2. The molecule has 3 rings (SSSR count). The molecule has 0 amide bonds. The zero-order valence-corrected chi connectivity index (χ0v) is 9.36. The maximum Gasteiger partial charge on any atom is 0.133 e. The molecular weight excluding hydrogens is 219 g/mol. The third-order valence-electron chi connectivity index (χ3n) is 3.02. The lowest BCUT2D eigenvalue weighted by atomic mass is 10.1. The summed E-state index contributed by atoms with van der Waals surface area (Å²) in [6.45, 7) is 0.659. The van der Waals surface area contributed by atoms with E-state index in [9.17, 15) is 4.39 Å². The van der Waals surface area contributed by atoms with E-state index in [0.717, 1.165) is 29.4 Å². The van der Waals surface area contributed by atoms with Crippen LogP contribution in [0, 0.1) is 0 Å². The summed E-state index contributed by atoms with van der Waals surface area (Å²) in [5, 5.41) is 0.985. The van der Waals surface area contributed by atoms with Crippen molar-refractivity contribution in [1.82, 2.24) is 0 Å². The van der Waals surface area contributed by atoms with Gasteiger partial charge < -0.3 is 9.15 Å². The van der Waals surface area contributed by atoms with Gasteiger partial charge >= 0.3 is 0 Å². The highest BCUT2D eigenvalue weighted by atomic mass is 19.1. The van der Waals surface area contributed by atoms with Crippen molar-refractivity contribution >= 4 is 17.0 Å². The number of benzene rings is 1. The molecule has 0 bridgehead atoms. The fourth-order valence-corrected chi connectivity index (χ4v) is 2.12. The summed E-state index contributed by atoms with van der Waals surface area (Å²) in [7, 11) is 0. The summed E-state index contributed by atoms with van der Waals surface area (Å²) in [4.78, 5) is 0. The Hall–Kier alpha value is -1.61. The molecule has 1 aromatic heterocycles. The molecule has 0 spiro atoms. The highest BCUT2D eigenvalue weighted by Crippen LogP contribution is 2.24. The summed E-state index contributed by atoms with van der Waals surface area (Å²) in [6.07, 6.45) is 4.54. The second-order valence-electron chi connectivity index (χ2n) is 4.25. The number of ether oxygens (including phenoxy) is 1. The first-order chi connectivity index (χ1) is 8.33. The maximum atomic E-state index is 13.8. The lowest BCUT2D eigenvalue weighted by Gasteiger charge is -2.05. The number of hydrogen-bond acceptors (Lipinski definition) is 2. The number of fused-ring (bicyclic) bond motifs is 1. The Morgan fingerprint density at radius 2 is 2.29 bits per heavy atom. The van der Waals surface area contributed by atoms with Gasteiger partial charge in [0.25, 0.3) is 0 Å². The highest BCUT2D eigenvalue weighted by Gasteiger charge is 2.20. The first-order valence-corrected chi connectivity index (χ1v) is 5.79. The Balaban J connectivity index is 1.89. The molecule has 1 aliphatic rings. The van der Waals surface area contributed by atoms with Crippen molar-refractivity contribution < 1.29 is 13.5 Å². The Morgan fingerprint density at radius 3 is 3.12 bits per heavy atom. The van der Waals surface area contributed by atoms with Crippen molar-refractivity contribution in [1.29, 1.82) is 0 Å². The molecule has 2 heterocycles. The van der Waals surface area contributed by atoms with E-state index >= 15 is 0 Å². The van der Waals surface area contributed by atoms with E-state index in [-0.39, 0.29) is 11.9 Å². The molecule has 0 radical (unpaired) electrons. The second-order valence-corrected chi connectivity index (χ2v) is 4.25. The largest absolute Gasteiger partial charge is 0.464 e. The van der Waals surface area contributed by atoms with Crippen LogP contribution in [0.3, 0.4) is 0 Å². The topological polar surface area (TPSA) is 22.4 Å². The van der Waals surface area contributed by atoms with Gasteiger partial charge in [0.2, 0.25) is 0 Å². The van der Waals surface area contributed by atoms with Crippen LogP contribution in [0.2, 0.25) is 0 Å². The average Bonchev–Trinajstić information content (AvgIpc) is 2.99. The van der Waals surface area contributed by atoms with E-state index < -0.39 is 0 Å². The van der Waals surface area contributed by atoms with Gasteiger partial charge in [0, 0.05) is 12.0 Å². The second kappa shape index (κ2) is 4.34. The Kier molecular flexibility index (Phi) is 2.69. The third-order valence-corrected chi connectivity index (χ3v) is 3.02. The highest BCUT2D eigenvalue weighted by molar-refractivity contribution is 5.80. The molecule has 0 N–H and O–H groups in total. The Morgan fingerprint density at radius 1 is 1.35 bits per heavy atom. The SMILES string of the molecule is F/C(=C\c1ccc2occc2c1)C1CCCO1. The van der Waals surface area contributed by atoms with Gasteiger partial charge in [0.05, 0.1) is 6.26 Å². The molecule has 1 aromatic carbocycles. The van der Waals surface area contributed by atoms with E-state index in [1.807, 2.05) is 24.3 Å². The van der Waals surface area contributed by atoms with Crippen molar-refractivity contribution in [3.63, 3.8) is 0 Å². The zero-order valence-electron chi connectivity index (χ0n) is 9.36. The molecule has 17 heavy (non-hydrogen) atoms. The van der Waals surface area contributed by atoms with Crippen LogP contribution in [0.5, 0.6) is 0 Å². The van der Waals surface area contributed by atoms with Crippen LogP contribution < -0.4 is 0 Å². The van der Waals surface area contributed by atoms with Crippen molar-refractivity contribution in [2.45, 2.75) is 18.9 Å². The van der Waals surface area contributed by atoms with Crippen molar-refractivity contribution in [2.24, 2.45) is 0 Å². The zero-order chi connectivity index (χ0) is 11.7. The van der Waals surface area contributed by atoms with E-state index in [1.54, 1.807) is 12.3 Å². The van der Waals surface area contributed by atoms with E-state index in [4.69, 9.17) is 9.15 Å². The summed E-state index contributed by atoms with van der Waals surface area (Å²) in [5.74, 6) is -0.189. The molecule has 1 unspecified atom stereocenters. The van der Waals surface area contributed by atoms with Gasteiger partial charge in [-0.3, -0.25) is 0 Å². The lowest BCUT2D eigenvalue weighted by molar-refractivity contribution is 0.120. The molecule has 2 nitrogen and oxygen atoms in total. The summed E-state index contributed by atoms with van der Waals surface area (Å²) in [6, 6.07) is 7.48. The van der Waals surface area contributed by atoms with Crippen LogP contribution in [-0.4, -0.2) is 12.7 Å². The first kappa shape index (κ1) is 10.5. The standard InChI is InChI=1S/C14H13FO2/c15-12(14-2-1-6-16-14)9-10-3-4-13-11(8-10)5-7-17-13/h3-5,7-9,14H,1-2,6H2/b12-9-. The molecule has 1 aliphatic heterocycles. The van der Waals surface area contributed by atoms with Gasteiger partial charge in [0.1, 0.15) is 17.5 Å². The maximum absolute atomic E-state index is 13.8. The molecule has 3 heteroatoms. The molecule has 0 saturated carbocycles. The number of hydrogen-bond donors (Lipinski definition) is 0. The molecule has 88 valence electrons. The summed E-state index contributed by atoms with van der Waals surface area (Å²) >= 11 is 0. The van der Waals surface area contributed by atoms with Crippen LogP contribution in [0.1, 0.15) is 18.4 Å². The smallest absolute Gasteiger partial charge is 0.133 e. The van der Waals surface area contributed by atoms with Crippen molar-refractivity contribution in [2.75, 3.05) is 6.61 Å². The number of furan rings is 1. The molecule has 0 aliphatic carbocycles. The quantitative estimate of drug-likeness (QED) is 0.783. The average molecular weight is 232 g/mol. The van der Waals surface area contributed by atoms with E-state index in [1.165, 1.54) is 0 Å². The van der Waals surface area contributed by atoms with Gasteiger partial charge in [-0.25, -0.2) is 4.39 Å². The minimum Gasteiger partial charge on any atom is -0.464 e. The van der Waals surface area contributed by atoms with Crippen LogP contribution in [0.25, 0.3) is 17.0 Å². The number of halogens is 1. The normalized spacial score (nSPS) is 21.2. The van der Waals surface area contributed by atoms with Crippen molar-refractivity contribution in [3.05, 3.63) is 41.9 Å². The molecule has 2 aromatic rings. The third kappa shape index (κ3) is 2.11. The van der Waals surface area contributed by atoms with Crippen LogP contribution in [-0.2, 0) is 4.74 Å². The Labute approximate surface area is 98.7 Å². The molecular formula is C14H13FO2. The molecule has 1 atom stereocenters. The fraction of sp³-hybridized carbons (Fsp3) is 0.286. The summed E-state index contributed by atoms with van der Waals surface area (Å²) in [5.41, 5.74) is 1.66. The Bertz CT molecular complexity index is 550. The molecule has 1 fully saturated rings. The van der Waals surface area contributed by atoms with Gasteiger partial charge in [-0.2, -0.15) is 0 Å². The fourth-order valence-electron chi connectivity index (χ4n) is 2.12. The van der Waals surface area contributed by atoms with Gasteiger partial charge in [-0.15, -0.1) is 0 Å².